The minimum Gasteiger partial charge on any atom is -0.332 e. The van der Waals surface area contributed by atoms with Crippen LogP contribution in [0.25, 0.3) is 0 Å². The molecule has 4 aliphatic rings. The second kappa shape index (κ2) is 8.28. The standard InChI is InChI=1S/C24H28ClN3O2S2/c1-15-2-3-20(11-22(15)25)27-23(31)26-19-4-6-21(7-5-19)32(29,30)28-24-12-16-8-17(13-24)10-18(9-16)14-24/h2-7,11,16-18,28H,8-10,12-14H2,1H3,(H2,26,27,31). The quantitative estimate of drug-likeness (QED) is 0.469. The van der Waals surface area contributed by atoms with Crippen LogP contribution >= 0.6 is 23.8 Å². The topological polar surface area (TPSA) is 70.2 Å². The second-order valence-electron chi connectivity index (χ2n) is 9.87. The van der Waals surface area contributed by atoms with Crippen LogP contribution in [-0.2, 0) is 10.0 Å². The van der Waals surface area contributed by atoms with Crippen molar-refractivity contribution in [2.75, 3.05) is 10.6 Å². The van der Waals surface area contributed by atoms with Crippen LogP contribution in [0, 0.1) is 24.7 Å². The van der Waals surface area contributed by atoms with E-state index in [0.29, 0.717) is 32.8 Å². The van der Waals surface area contributed by atoms with E-state index in [1.54, 1.807) is 24.3 Å². The number of nitrogens with one attached hydrogen (secondary N) is 3. The Balaban J connectivity index is 1.24. The van der Waals surface area contributed by atoms with E-state index in [4.69, 9.17) is 23.8 Å². The summed E-state index contributed by atoms with van der Waals surface area (Å²) in [5.74, 6) is 2.06. The zero-order valence-corrected chi connectivity index (χ0v) is 20.4. The van der Waals surface area contributed by atoms with Crippen molar-refractivity contribution in [2.24, 2.45) is 17.8 Å². The van der Waals surface area contributed by atoms with Gasteiger partial charge in [0.15, 0.2) is 5.11 Å². The molecule has 3 N–H and O–H groups in total. The van der Waals surface area contributed by atoms with Gasteiger partial charge in [0.05, 0.1) is 4.90 Å². The average molecular weight is 490 g/mol. The molecule has 2 aromatic carbocycles. The molecule has 4 bridgehead atoms. The summed E-state index contributed by atoms with van der Waals surface area (Å²) < 4.78 is 29.5. The fourth-order valence-corrected chi connectivity index (χ4v) is 8.11. The molecule has 0 heterocycles. The first-order valence-corrected chi connectivity index (χ1v) is 13.4. The van der Waals surface area contributed by atoms with E-state index in [1.807, 2.05) is 25.1 Å². The zero-order chi connectivity index (χ0) is 22.5. The van der Waals surface area contributed by atoms with Crippen molar-refractivity contribution in [3.8, 4) is 0 Å². The Morgan fingerprint density at radius 1 is 0.938 bits per heavy atom. The molecule has 0 unspecified atom stereocenters. The van der Waals surface area contributed by atoms with Crippen molar-refractivity contribution in [3.05, 3.63) is 53.1 Å². The maximum absolute atomic E-state index is 13.2. The molecule has 0 amide bonds. The van der Waals surface area contributed by atoms with Crippen molar-refractivity contribution in [1.82, 2.24) is 4.72 Å². The molecule has 0 radical (unpaired) electrons. The van der Waals surface area contributed by atoms with E-state index in [2.05, 4.69) is 15.4 Å². The van der Waals surface area contributed by atoms with Crippen molar-refractivity contribution in [1.29, 1.82) is 0 Å². The molecule has 0 saturated heterocycles. The predicted octanol–water partition coefficient (Wildman–Crippen LogP) is 5.70. The number of halogens is 1. The molecule has 32 heavy (non-hydrogen) atoms. The molecule has 8 heteroatoms. The summed E-state index contributed by atoms with van der Waals surface area (Å²) in [6.45, 7) is 1.94. The van der Waals surface area contributed by atoms with Crippen LogP contribution in [0.3, 0.4) is 0 Å². The highest BCUT2D eigenvalue weighted by molar-refractivity contribution is 7.89. The van der Waals surface area contributed by atoms with E-state index in [0.717, 1.165) is 36.2 Å². The first-order valence-electron chi connectivity index (χ1n) is 11.2. The summed E-state index contributed by atoms with van der Waals surface area (Å²) in [5, 5.41) is 7.26. The highest BCUT2D eigenvalue weighted by Gasteiger charge is 2.52. The number of aryl methyl sites for hydroxylation is 1. The first-order chi connectivity index (χ1) is 15.2. The van der Waals surface area contributed by atoms with Crippen LogP contribution in [0.1, 0.15) is 44.1 Å². The largest absolute Gasteiger partial charge is 0.332 e. The maximum atomic E-state index is 13.2. The summed E-state index contributed by atoms with van der Waals surface area (Å²) >= 11 is 11.5. The Hall–Kier alpha value is -1.67. The fraction of sp³-hybridized carbons (Fsp3) is 0.458. The third-order valence-electron chi connectivity index (χ3n) is 7.24. The molecule has 4 fully saturated rings. The Kier molecular flexibility index (Phi) is 5.73. The van der Waals surface area contributed by atoms with Crippen molar-refractivity contribution in [3.63, 3.8) is 0 Å². The summed E-state index contributed by atoms with van der Waals surface area (Å²) in [4.78, 5) is 0.294. The Morgan fingerprint density at radius 3 is 2.03 bits per heavy atom. The van der Waals surface area contributed by atoms with Gasteiger partial charge < -0.3 is 10.6 Å². The Labute approximate surface area is 200 Å². The third kappa shape index (κ3) is 4.53. The van der Waals surface area contributed by atoms with Gasteiger partial charge in [-0.2, -0.15) is 0 Å². The van der Waals surface area contributed by atoms with Crippen LogP contribution in [-0.4, -0.2) is 19.1 Å². The molecule has 6 rings (SSSR count). The lowest BCUT2D eigenvalue weighted by molar-refractivity contribution is -0.00810. The molecule has 0 atom stereocenters. The molecule has 4 aliphatic carbocycles. The summed E-state index contributed by atoms with van der Waals surface area (Å²) in [7, 11) is -3.57. The molecule has 0 aliphatic heterocycles. The molecule has 0 spiro atoms. The average Bonchev–Trinajstić information content (AvgIpc) is 2.69. The predicted molar refractivity (Wildman–Crippen MR) is 134 cm³/mol. The van der Waals surface area contributed by atoms with E-state index in [-0.39, 0.29) is 5.54 Å². The van der Waals surface area contributed by atoms with Crippen LogP contribution in [0.5, 0.6) is 0 Å². The monoisotopic (exact) mass is 489 g/mol. The van der Waals surface area contributed by atoms with Gasteiger partial charge in [-0.1, -0.05) is 17.7 Å². The SMILES string of the molecule is Cc1ccc(NC(=S)Nc2ccc(S(=O)(=O)NC34CC5CC(CC(C5)C3)C4)cc2)cc1Cl. The maximum Gasteiger partial charge on any atom is 0.241 e. The Bertz CT molecular complexity index is 1110. The lowest BCUT2D eigenvalue weighted by Crippen LogP contribution is -2.59. The normalized spacial score (nSPS) is 28.5. The van der Waals surface area contributed by atoms with Crippen LogP contribution in [0.15, 0.2) is 47.4 Å². The van der Waals surface area contributed by atoms with Gasteiger partial charge in [-0.3, -0.25) is 0 Å². The second-order valence-corrected chi connectivity index (χ2v) is 12.4. The summed E-state index contributed by atoms with van der Waals surface area (Å²) in [6, 6.07) is 12.4. The van der Waals surface area contributed by atoms with Gasteiger partial charge in [0.25, 0.3) is 0 Å². The lowest BCUT2D eigenvalue weighted by atomic mass is 9.53. The molecule has 5 nitrogen and oxygen atoms in total. The number of hydrogen-bond acceptors (Lipinski definition) is 3. The smallest absolute Gasteiger partial charge is 0.241 e. The fourth-order valence-electron chi connectivity index (χ4n) is 6.26. The van der Waals surface area contributed by atoms with Crippen molar-refractivity contribution in [2.45, 2.75) is 55.9 Å². The number of rotatable bonds is 5. The van der Waals surface area contributed by atoms with E-state index < -0.39 is 10.0 Å². The summed E-state index contributed by atoms with van der Waals surface area (Å²) in [6.07, 6.45) is 6.81. The molecule has 0 aromatic heterocycles. The molecule has 2 aromatic rings. The van der Waals surface area contributed by atoms with E-state index in [9.17, 15) is 8.42 Å². The van der Waals surface area contributed by atoms with Gasteiger partial charge in [0.1, 0.15) is 0 Å². The highest BCUT2D eigenvalue weighted by atomic mass is 35.5. The van der Waals surface area contributed by atoms with E-state index >= 15 is 0 Å². The highest BCUT2D eigenvalue weighted by Crippen LogP contribution is 2.56. The molecular weight excluding hydrogens is 462 g/mol. The van der Waals surface area contributed by atoms with E-state index in [1.165, 1.54) is 19.3 Å². The van der Waals surface area contributed by atoms with Gasteiger partial charge in [-0.25, -0.2) is 13.1 Å². The van der Waals surface area contributed by atoms with Gasteiger partial charge in [0, 0.05) is 21.9 Å². The van der Waals surface area contributed by atoms with Crippen molar-refractivity contribution >= 4 is 50.3 Å². The number of hydrogen-bond donors (Lipinski definition) is 3. The van der Waals surface area contributed by atoms with Gasteiger partial charge in [-0.05, 0) is 117 Å². The molecular formula is C24H28ClN3O2S2. The van der Waals surface area contributed by atoms with Crippen LogP contribution < -0.4 is 15.4 Å². The zero-order valence-electron chi connectivity index (χ0n) is 18.0. The van der Waals surface area contributed by atoms with Gasteiger partial charge >= 0.3 is 0 Å². The lowest BCUT2D eigenvalue weighted by Gasteiger charge is -2.56. The Morgan fingerprint density at radius 2 is 1.47 bits per heavy atom. The van der Waals surface area contributed by atoms with Gasteiger partial charge in [0.2, 0.25) is 10.0 Å². The minimum absolute atomic E-state index is 0.245. The third-order valence-corrected chi connectivity index (χ3v) is 9.45. The molecule has 4 saturated carbocycles. The van der Waals surface area contributed by atoms with Crippen LogP contribution in [0.2, 0.25) is 5.02 Å². The summed E-state index contributed by atoms with van der Waals surface area (Å²) in [5.41, 5.74) is 2.26. The first kappa shape index (κ1) is 22.1. The number of sulfonamides is 1. The number of anilines is 2. The molecule has 170 valence electrons. The van der Waals surface area contributed by atoms with Gasteiger partial charge in [-0.15, -0.1) is 0 Å². The van der Waals surface area contributed by atoms with Crippen molar-refractivity contribution < 1.29 is 8.42 Å². The number of thiocarbonyl (C=S) groups is 1. The van der Waals surface area contributed by atoms with Crippen LogP contribution in [0.4, 0.5) is 11.4 Å². The number of benzene rings is 2. The minimum atomic E-state index is -3.57.